The smallest absolute Gasteiger partial charge is 0.407 e. The molecule has 1 heterocycles. The lowest BCUT2D eigenvalue weighted by Gasteiger charge is -2.24. The molecule has 1 aliphatic carbocycles. The quantitative estimate of drug-likeness (QED) is 0.373. The Balaban J connectivity index is 1.41. The maximum Gasteiger partial charge on any atom is 0.407 e. The second-order valence-corrected chi connectivity index (χ2v) is 12.3. The number of carbonyl (C=O) groups excluding carboxylic acids is 3. The van der Waals surface area contributed by atoms with E-state index in [4.69, 9.17) is 14.2 Å². The predicted molar refractivity (Wildman–Crippen MR) is 152 cm³/mol. The van der Waals surface area contributed by atoms with Crippen molar-refractivity contribution in [3.63, 3.8) is 0 Å². The van der Waals surface area contributed by atoms with Crippen LogP contribution in [0.25, 0.3) is 10.8 Å². The summed E-state index contributed by atoms with van der Waals surface area (Å²) >= 11 is 0. The molecule has 1 aliphatic rings. The number of benzene rings is 2. The van der Waals surface area contributed by atoms with Crippen LogP contribution < -0.4 is 10.6 Å². The fraction of sp³-hybridized carbons (Fsp3) is 0.500. The number of nitrogens with one attached hydrogen (secondary N) is 2. The minimum absolute atomic E-state index is 0.00408. The molecule has 11 nitrogen and oxygen atoms in total. The fourth-order valence-electron chi connectivity index (χ4n) is 4.69. The highest BCUT2D eigenvalue weighted by Crippen LogP contribution is 2.25. The molecule has 1 aromatic heterocycles. The molecular formula is C30H39N5O6. The molecule has 1 saturated carbocycles. The number of nitrogens with zero attached hydrogens (tertiary/aromatic N) is 3. The molecule has 41 heavy (non-hydrogen) atoms. The average Bonchev–Trinajstić information content (AvgIpc) is 3.45. The summed E-state index contributed by atoms with van der Waals surface area (Å²) in [6.07, 6.45) is 0.880. The van der Waals surface area contributed by atoms with Crippen molar-refractivity contribution in [2.45, 2.75) is 96.9 Å². The number of hydrogen-bond acceptors (Lipinski definition) is 8. The summed E-state index contributed by atoms with van der Waals surface area (Å²) in [6.45, 7) is 10.9. The third kappa shape index (κ3) is 8.75. The van der Waals surface area contributed by atoms with E-state index in [0.717, 1.165) is 10.8 Å². The number of ether oxygens (including phenoxy) is 3. The molecule has 1 fully saturated rings. The first-order valence-corrected chi connectivity index (χ1v) is 13.8. The zero-order valence-electron chi connectivity index (χ0n) is 24.5. The van der Waals surface area contributed by atoms with Crippen molar-refractivity contribution >= 4 is 28.7 Å². The number of amides is 2. The molecule has 11 heteroatoms. The van der Waals surface area contributed by atoms with E-state index in [1.807, 2.05) is 36.4 Å². The van der Waals surface area contributed by atoms with E-state index in [2.05, 4.69) is 20.9 Å². The lowest BCUT2D eigenvalue weighted by atomic mass is 10.0. The minimum atomic E-state index is -0.664. The normalized spacial score (nSPS) is 19.1. The van der Waals surface area contributed by atoms with Gasteiger partial charge in [-0.3, -0.25) is 4.79 Å². The fourth-order valence-corrected chi connectivity index (χ4v) is 4.69. The molecule has 3 atom stereocenters. The van der Waals surface area contributed by atoms with Gasteiger partial charge in [0.15, 0.2) is 5.78 Å². The van der Waals surface area contributed by atoms with Gasteiger partial charge >= 0.3 is 12.2 Å². The summed E-state index contributed by atoms with van der Waals surface area (Å²) < 4.78 is 18.6. The lowest BCUT2D eigenvalue weighted by molar-refractivity contribution is 0.0132. The van der Waals surface area contributed by atoms with Crippen LogP contribution in [0, 0.1) is 0 Å². The molecule has 0 spiro atoms. The van der Waals surface area contributed by atoms with Crippen molar-refractivity contribution < 1.29 is 28.6 Å². The van der Waals surface area contributed by atoms with Gasteiger partial charge in [0.25, 0.3) is 0 Å². The SMILES string of the molecule is CC(C)(C)OC(=O)N[C@H]1C[C@@H](NC(=O)OC(C)(C)C)[C@H](OCc2cnnn2CC(=O)c2ccc3ccccc3c2)C1. The standard InChI is InChI=1S/C30H39N5O6/c1-29(2,3)40-27(37)32-22-14-24(33-28(38)41-30(4,5)6)26(15-22)39-18-23-16-31-34-35(23)17-25(36)21-12-11-19-9-7-8-10-20(19)13-21/h7-13,16,22,24,26H,14-15,17-18H2,1-6H3,(H,32,37)(H,33,38)/t22-,24+,26+/m0/s1. The monoisotopic (exact) mass is 565 g/mol. The molecule has 0 saturated heterocycles. The first kappa shape index (κ1) is 30.0. The third-order valence-electron chi connectivity index (χ3n) is 6.44. The first-order chi connectivity index (χ1) is 19.3. The van der Waals surface area contributed by atoms with Gasteiger partial charge in [0.2, 0.25) is 0 Å². The number of Topliss-reactive ketones (excluding diaryl/α,β-unsaturated/α-hetero) is 1. The van der Waals surface area contributed by atoms with Crippen LogP contribution in [-0.4, -0.2) is 62.4 Å². The Bertz CT molecular complexity index is 1390. The highest BCUT2D eigenvalue weighted by Gasteiger charge is 2.38. The van der Waals surface area contributed by atoms with Gasteiger partial charge in [-0.25, -0.2) is 14.3 Å². The zero-order chi connectivity index (χ0) is 29.8. The van der Waals surface area contributed by atoms with E-state index < -0.39 is 35.5 Å². The molecule has 0 unspecified atom stereocenters. The third-order valence-corrected chi connectivity index (χ3v) is 6.44. The first-order valence-electron chi connectivity index (χ1n) is 13.8. The number of rotatable bonds is 8. The summed E-state index contributed by atoms with van der Waals surface area (Å²) in [6, 6.07) is 12.8. The second kappa shape index (κ2) is 12.3. The number of ketones is 1. The van der Waals surface area contributed by atoms with E-state index in [0.29, 0.717) is 24.1 Å². The van der Waals surface area contributed by atoms with Gasteiger partial charge < -0.3 is 24.8 Å². The summed E-state index contributed by atoms with van der Waals surface area (Å²) in [5.41, 5.74) is -0.107. The van der Waals surface area contributed by atoms with Crippen molar-refractivity contribution in [1.29, 1.82) is 0 Å². The molecule has 0 radical (unpaired) electrons. The van der Waals surface area contributed by atoms with Crippen LogP contribution in [0.1, 0.15) is 70.4 Å². The molecule has 4 rings (SSSR count). The number of hydrogen-bond donors (Lipinski definition) is 2. The topological polar surface area (TPSA) is 134 Å². The Hall–Kier alpha value is -3.99. The highest BCUT2D eigenvalue weighted by molar-refractivity contribution is 5.99. The Morgan fingerprint density at radius 3 is 2.24 bits per heavy atom. The van der Waals surface area contributed by atoms with Crippen LogP contribution in [0.5, 0.6) is 0 Å². The van der Waals surface area contributed by atoms with Crippen molar-refractivity contribution in [2.75, 3.05) is 0 Å². The number of fused-ring (bicyclic) bond motifs is 1. The second-order valence-electron chi connectivity index (χ2n) is 12.3. The van der Waals surface area contributed by atoms with E-state index in [9.17, 15) is 14.4 Å². The van der Waals surface area contributed by atoms with E-state index in [-0.39, 0.29) is 25.0 Å². The summed E-state index contributed by atoms with van der Waals surface area (Å²) in [5, 5.41) is 15.9. The Morgan fingerprint density at radius 1 is 0.902 bits per heavy atom. The van der Waals surface area contributed by atoms with Gasteiger partial charge in [0, 0.05) is 11.6 Å². The molecule has 0 aliphatic heterocycles. The van der Waals surface area contributed by atoms with E-state index >= 15 is 0 Å². The van der Waals surface area contributed by atoms with Gasteiger partial charge in [-0.2, -0.15) is 0 Å². The van der Waals surface area contributed by atoms with Crippen LogP contribution in [0.15, 0.2) is 48.7 Å². The largest absolute Gasteiger partial charge is 0.444 e. The van der Waals surface area contributed by atoms with Crippen LogP contribution >= 0.6 is 0 Å². The van der Waals surface area contributed by atoms with Gasteiger partial charge in [0.1, 0.15) is 17.7 Å². The van der Waals surface area contributed by atoms with Crippen molar-refractivity contribution in [3.8, 4) is 0 Å². The molecule has 2 N–H and O–H groups in total. The van der Waals surface area contributed by atoms with Crippen molar-refractivity contribution in [2.24, 2.45) is 0 Å². The van der Waals surface area contributed by atoms with Crippen LogP contribution in [0.3, 0.4) is 0 Å². The highest BCUT2D eigenvalue weighted by atomic mass is 16.6. The Labute approximate surface area is 239 Å². The average molecular weight is 566 g/mol. The van der Waals surface area contributed by atoms with Gasteiger partial charge in [-0.15, -0.1) is 5.10 Å². The zero-order valence-corrected chi connectivity index (χ0v) is 24.5. The Morgan fingerprint density at radius 2 is 1.56 bits per heavy atom. The molecule has 220 valence electrons. The summed E-state index contributed by atoms with van der Waals surface area (Å²) in [4.78, 5) is 38.0. The number of aromatic nitrogens is 3. The van der Waals surface area contributed by atoms with Gasteiger partial charge in [0.05, 0.1) is 30.6 Å². The molecule has 3 aromatic rings. The number of carbonyl (C=O) groups is 3. The molecule has 2 aromatic carbocycles. The van der Waals surface area contributed by atoms with Crippen LogP contribution in [-0.2, 0) is 27.4 Å². The van der Waals surface area contributed by atoms with Crippen molar-refractivity contribution in [1.82, 2.24) is 25.6 Å². The van der Waals surface area contributed by atoms with Crippen LogP contribution in [0.4, 0.5) is 9.59 Å². The van der Waals surface area contributed by atoms with Crippen LogP contribution in [0.2, 0.25) is 0 Å². The van der Waals surface area contributed by atoms with E-state index in [1.165, 1.54) is 4.68 Å². The Kier molecular flexibility index (Phi) is 8.96. The lowest BCUT2D eigenvalue weighted by Crippen LogP contribution is -2.44. The van der Waals surface area contributed by atoms with E-state index in [1.54, 1.807) is 53.8 Å². The number of alkyl carbamates (subject to hydrolysis) is 2. The van der Waals surface area contributed by atoms with Crippen molar-refractivity contribution in [3.05, 3.63) is 59.9 Å². The summed E-state index contributed by atoms with van der Waals surface area (Å²) in [7, 11) is 0. The van der Waals surface area contributed by atoms with Gasteiger partial charge in [-0.05, 0) is 71.2 Å². The predicted octanol–water partition coefficient (Wildman–Crippen LogP) is 4.78. The molecule has 2 amide bonds. The molecular weight excluding hydrogens is 526 g/mol. The maximum atomic E-state index is 13.1. The maximum absolute atomic E-state index is 13.1. The minimum Gasteiger partial charge on any atom is -0.444 e. The van der Waals surface area contributed by atoms with Gasteiger partial charge in [-0.1, -0.05) is 41.6 Å². The summed E-state index contributed by atoms with van der Waals surface area (Å²) in [5.74, 6) is -0.102. The molecule has 0 bridgehead atoms.